The fraction of sp³-hybridized carbons (Fsp3) is 0.200. The molecule has 120 valence electrons. The van der Waals surface area contributed by atoms with Gasteiger partial charge in [-0.15, -0.1) is 0 Å². The van der Waals surface area contributed by atoms with E-state index in [4.69, 9.17) is 10.1 Å². The number of nitrogens with zero attached hydrogens (tertiary/aromatic N) is 3. The molecule has 4 rings (SSSR count). The summed E-state index contributed by atoms with van der Waals surface area (Å²) in [5.74, 6) is 1.17. The van der Waals surface area contributed by atoms with Gasteiger partial charge in [-0.3, -0.25) is 0 Å². The Morgan fingerprint density at radius 1 is 1.00 bits per heavy atom. The number of aromatic hydroxyl groups is 1. The third kappa shape index (κ3) is 2.31. The largest absolute Gasteiger partial charge is 0.508 e. The molecule has 0 saturated heterocycles. The fourth-order valence-electron chi connectivity index (χ4n) is 3.41. The normalized spacial score (nSPS) is 16.6. The molecule has 0 amide bonds. The molecule has 0 spiro atoms. The van der Waals surface area contributed by atoms with Gasteiger partial charge in [-0.05, 0) is 25.5 Å². The van der Waals surface area contributed by atoms with Gasteiger partial charge in [0.05, 0.1) is 11.7 Å². The molecule has 0 fully saturated rings. The van der Waals surface area contributed by atoms with Crippen LogP contribution in [0.4, 0.5) is 5.82 Å². The van der Waals surface area contributed by atoms with Crippen LogP contribution >= 0.6 is 0 Å². The van der Waals surface area contributed by atoms with Gasteiger partial charge < -0.3 is 5.11 Å². The van der Waals surface area contributed by atoms with E-state index in [0.717, 1.165) is 40.3 Å². The van der Waals surface area contributed by atoms with Gasteiger partial charge in [-0.2, -0.15) is 5.10 Å². The number of fused-ring (bicyclic) bond motifs is 1. The topological polar surface area (TPSA) is 50.4 Å². The van der Waals surface area contributed by atoms with Gasteiger partial charge in [0.2, 0.25) is 0 Å². The first-order chi connectivity index (χ1) is 11.6. The SMILES string of the molecule is CC1=Nc2c(-c3ccccc3)c(C)nn2[C@@H](c2ccccc2O)C1. The van der Waals surface area contributed by atoms with Crippen molar-refractivity contribution in [1.29, 1.82) is 0 Å². The first-order valence-corrected chi connectivity index (χ1v) is 8.11. The zero-order valence-electron chi connectivity index (χ0n) is 13.8. The standard InChI is InChI=1S/C20H19N3O/c1-13-12-17(16-10-6-7-11-18(16)24)23-20(21-13)19(14(2)22-23)15-8-4-3-5-9-15/h3-11,17,24H,12H2,1-2H3/t17-/m1/s1. The van der Waals surface area contributed by atoms with E-state index in [0.29, 0.717) is 5.75 Å². The number of aromatic nitrogens is 2. The Bertz CT molecular complexity index is 925. The molecule has 0 saturated carbocycles. The van der Waals surface area contributed by atoms with Gasteiger partial charge in [0.1, 0.15) is 5.75 Å². The lowest BCUT2D eigenvalue weighted by molar-refractivity contribution is 0.443. The van der Waals surface area contributed by atoms with Crippen molar-refractivity contribution in [2.24, 2.45) is 4.99 Å². The molecule has 4 heteroatoms. The van der Waals surface area contributed by atoms with Crippen LogP contribution in [0.3, 0.4) is 0 Å². The molecule has 0 radical (unpaired) electrons. The van der Waals surface area contributed by atoms with Crippen LogP contribution in [0.5, 0.6) is 5.75 Å². The van der Waals surface area contributed by atoms with Crippen LogP contribution in [0.25, 0.3) is 11.1 Å². The van der Waals surface area contributed by atoms with E-state index >= 15 is 0 Å². The molecule has 2 heterocycles. The van der Waals surface area contributed by atoms with Crippen molar-refractivity contribution in [2.75, 3.05) is 0 Å². The second-order valence-corrected chi connectivity index (χ2v) is 6.22. The van der Waals surface area contributed by atoms with E-state index in [-0.39, 0.29) is 6.04 Å². The minimum Gasteiger partial charge on any atom is -0.508 e. The fourth-order valence-corrected chi connectivity index (χ4v) is 3.41. The summed E-state index contributed by atoms with van der Waals surface area (Å²) in [6.45, 7) is 4.05. The van der Waals surface area contributed by atoms with Crippen LogP contribution in [0.15, 0.2) is 59.6 Å². The summed E-state index contributed by atoms with van der Waals surface area (Å²) in [6, 6.07) is 17.7. The molecule has 1 N–H and O–H groups in total. The smallest absolute Gasteiger partial charge is 0.159 e. The highest BCUT2D eigenvalue weighted by molar-refractivity contribution is 5.90. The van der Waals surface area contributed by atoms with Gasteiger partial charge >= 0.3 is 0 Å². The minimum absolute atomic E-state index is 0.0325. The molecule has 0 aliphatic carbocycles. The summed E-state index contributed by atoms with van der Waals surface area (Å²) in [6.07, 6.45) is 0.750. The molecular weight excluding hydrogens is 298 g/mol. The summed E-state index contributed by atoms with van der Waals surface area (Å²) >= 11 is 0. The Morgan fingerprint density at radius 2 is 1.71 bits per heavy atom. The average Bonchev–Trinajstić information content (AvgIpc) is 2.91. The van der Waals surface area contributed by atoms with Crippen LogP contribution in [0.1, 0.15) is 30.6 Å². The molecule has 1 aromatic heterocycles. The van der Waals surface area contributed by atoms with Crippen molar-refractivity contribution < 1.29 is 5.11 Å². The van der Waals surface area contributed by atoms with Gasteiger partial charge in [-0.1, -0.05) is 48.5 Å². The molecule has 1 aliphatic rings. The Kier molecular flexibility index (Phi) is 3.45. The van der Waals surface area contributed by atoms with E-state index in [9.17, 15) is 5.11 Å². The zero-order valence-corrected chi connectivity index (χ0v) is 13.8. The van der Waals surface area contributed by atoms with Crippen molar-refractivity contribution >= 4 is 11.5 Å². The van der Waals surface area contributed by atoms with Crippen molar-refractivity contribution in [3.05, 3.63) is 65.9 Å². The second kappa shape index (κ2) is 5.64. The van der Waals surface area contributed by atoms with E-state index in [2.05, 4.69) is 12.1 Å². The van der Waals surface area contributed by atoms with Crippen LogP contribution in [0, 0.1) is 6.92 Å². The zero-order chi connectivity index (χ0) is 16.7. The monoisotopic (exact) mass is 317 g/mol. The molecule has 0 bridgehead atoms. The molecule has 1 aliphatic heterocycles. The minimum atomic E-state index is -0.0325. The number of rotatable bonds is 2. The van der Waals surface area contributed by atoms with Crippen LogP contribution in [-0.4, -0.2) is 20.6 Å². The van der Waals surface area contributed by atoms with Crippen molar-refractivity contribution in [1.82, 2.24) is 9.78 Å². The van der Waals surface area contributed by atoms with E-state index in [1.807, 2.05) is 54.9 Å². The highest BCUT2D eigenvalue weighted by Crippen LogP contribution is 2.42. The molecule has 4 nitrogen and oxygen atoms in total. The highest BCUT2D eigenvalue weighted by atomic mass is 16.3. The number of aliphatic imine (C=N–C) groups is 1. The number of phenols is 1. The molecular formula is C20H19N3O. The number of hydrogen-bond donors (Lipinski definition) is 1. The third-order valence-corrected chi connectivity index (χ3v) is 4.50. The quantitative estimate of drug-likeness (QED) is 0.748. The third-order valence-electron chi connectivity index (χ3n) is 4.50. The van der Waals surface area contributed by atoms with E-state index < -0.39 is 0 Å². The van der Waals surface area contributed by atoms with Crippen LogP contribution in [0.2, 0.25) is 0 Å². The van der Waals surface area contributed by atoms with Gasteiger partial charge in [0.25, 0.3) is 0 Å². The maximum Gasteiger partial charge on any atom is 0.159 e. The number of phenolic OH excluding ortho intramolecular Hbond substituents is 1. The summed E-state index contributed by atoms with van der Waals surface area (Å²) in [5.41, 5.74) is 5.07. The Balaban J connectivity index is 1.92. The lowest BCUT2D eigenvalue weighted by Gasteiger charge is -2.24. The van der Waals surface area contributed by atoms with Gasteiger partial charge in [0, 0.05) is 23.3 Å². The van der Waals surface area contributed by atoms with E-state index in [1.54, 1.807) is 6.07 Å². The van der Waals surface area contributed by atoms with E-state index in [1.165, 1.54) is 0 Å². The maximum atomic E-state index is 10.3. The highest BCUT2D eigenvalue weighted by Gasteiger charge is 2.28. The number of para-hydroxylation sites is 1. The van der Waals surface area contributed by atoms with Crippen molar-refractivity contribution in [2.45, 2.75) is 26.3 Å². The predicted octanol–water partition coefficient (Wildman–Crippen LogP) is 4.65. The lowest BCUT2D eigenvalue weighted by Crippen LogP contribution is -2.19. The summed E-state index contributed by atoms with van der Waals surface area (Å²) in [4.78, 5) is 4.78. The summed E-state index contributed by atoms with van der Waals surface area (Å²) < 4.78 is 1.96. The van der Waals surface area contributed by atoms with Gasteiger partial charge in [-0.25, -0.2) is 9.67 Å². The first kappa shape index (κ1) is 14.7. The van der Waals surface area contributed by atoms with Crippen molar-refractivity contribution in [3.8, 4) is 16.9 Å². The summed E-state index contributed by atoms with van der Waals surface area (Å²) in [5, 5.41) is 15.0. The number of aryl methyl sites for hydroxylation is 1. The lowest BCUT2D eigenvalue weighted by atomic mass is 9.98. The molecule has 1 atom stereocenters. The first-order valence-electron chi connectivity index (χ1n) is 8.11. The second-order valence-electron chi connectivity index (χ2n) is 6.22. The molecule has 3 aromatic rings. The Morgan fingerprint density at radius 3 is 2.46 bits per heavy atom. The van der Waals surface area contributed by atoms with Crippen molar-refractivity contribution in [3.63, 3.8) is 0 Å². The van der Waals surface area contributed by atoms with Crippen LogP contribution < -0.4 is 0 Å². The average molecular weight is 317 g/mol. The summed E-state index contributed by atoms with van der Waals surface area (Å²) in [7, 11) is 0. The number of hydrogen-bond acceptors (Lipinski definition) is 3. The Labute approximate surface area is 141 Å². The Hall–Kier alpha value is -2.88. The molecule has 0 unspecified atom stereocenters. The molecule has 24 heavy (non-hydrogen) atoms. The number of benzene rings is 2. The molecule has 2 aromatic carbocycles. The van der Waals surface area contributed by atoms with Crippen LogP contribution in [-0.2, 0) is 0 Å². The maximum absolute atomic E-state index is 10.3. The predicted molar refractivity (Wildman–Crippen MR) is 96.0 cm³/mol. The van der Waals surface area contributed by atoms with Gasteiger partial charge in [0.15, 0.2) is 5.82 Å².